The van der Waals surface area contributed by atoms with Crippen LogP contribution in [-0.2, 0) is 0 Å². The van der Waals surface area contributed by atoms with Crippen LogP contribution in [0.4, 0.5) is 0 Å². The molecule has 0 saturated carbocycles. The molecule has 0 unspecified atom stereocenters. The molecule has 4 nitrogen and oxygen atoms in total. The van der Waals surface area contributed by atoms with Crippen molar-refractivity contribution in [3.05, 3.63) is 34.5 Å². The van der Waals surface area contributed by atoms with Gasteiger partial charge < -0.3 is 14.8 Å². The molecule has 2 N–H and O–H groups in total. The third-order valence-corrected chi connectivity index (χ3v) is 2.51. The molecule has 82 valence electrons. The summed E-state index contributed by atoms with van der Waals surface area (Å²) in [6.07, 6.45) is 0. The fourth-order valence-electron chi connectivity index (χ4n) is 1.60. The number of aromatic amines is 1. The van der Waals surface area contributed by atoms with Crippen LogP contribution in [0.1, 0.15) is 10.4 Å². The van der Waals surface area contributed by atoms with Gasteiger partial charge >= 0.3 is 5.97 Å². The molecule has 0 aliphatic rings. The first-order valence-corrected chi connectivity index (χ1v) is 4.97. The predicted octanol–water partition coefficient (Wildman–Crippen LogP) is 2.60. The topological polar surface area (TPSA) is 62.3 Å². The number of H-pyrrole nitrogens is 1. The van der Waals surface area contributed by atoms with Gasteiger partial charge in [-0.05, 0) is 12.1 Å². The number of nitrogens with one attached hydrogen (secondary N) is 1. The first kappa shape index (κ1) is 10.6. The number of carboxylic acids is 1. The Morgan fingerprint density at radius 3 is 2.88 bits per heavy atom. The fraction of sp³-hybridized carbons (Fsp3) is 0.0909. The van der Waals surface area contributed by atoms with Crippen molar-refractivity contribution in [3.8, 4) is 5.75 Å². The Morgan fingerprint density at radius 1 is 1.50 bits per heavy atom. The zero-order valence-corrected chi connectivity index (χ0v) is 9.30. The molecule has 0 spiro atoms. The minimum atomic E-state index is -1.00. The van der Waals surface area contributed by atoms with E-state index in [9.17, 15) is 4.79 Å². The van der Waals surface area contributed by atoms with Crippen LogP contribution in [0, 0.1) is 4.64 Å². The van der Waals surface area contributed by atoms with Crippen LogP contribution < -0.4 is 4.74 Å². The van der Waals surface area contributed by atoms with E-state index in [-0.39, 0.29) is 5.56 Å². The van der Waals surface area contributed by atoms with Crippen LogP contribution in [0.5, 0.6) is 5.75 Å². The highest BCUT2D eigenvalue weighted by Gasteiger charge is 2.11. The Labute approximate surface area is 96.5 Å². The zero-order valence-electron chi connectivity index (χ0n) is 8.48. The van der Waals surface area contributed by atoms with E-state index in [0.717, 1.165) is 0 Å². The number of carbonyl (C=O) groups is 1. The number of pyridine rings is 1. The lowest BCUT2D eigenvalue weighted by Gasteiger charge is -2.07. The summed E-state index contributed by atoms with van der Waals surface area (Å²) < 4.78 is 5.52. The third-order valence-electron chi connectivity index (χ3n) is 2.29. The minimum absolute atomic E-state index is 0.178. The molecule has 0 saturated heterocycles. The van der Waals surface area contributed by atoms with E-state index in [0.29, 0.717) is 21.3 Å². The molecule has 0 atom stereocenters. The van der Waals surface area contributed by atoms with Gasteiger partial charge in [0.1, 0.15) is 10.4 Å². The summed E-state index contributed by atoms with van der Waals surface area (Å²) >= 11 is 4.98. The van der Waals surface area contributed by atoms with E-state index in [2.05, 4.69) is 4.98 Å². The van der Waals surface area contributed by atoms with Crippen molar-refractivity contribution < 1.29 is 14.6 Å². The molecule has 2 aromatic rings. The molecule has 0 aliphatic carbocycles. The van der Waals surface area contributed by atoms with Crippen molar-refractivity contribution in [3.63, 3.8) is 0 Å². The van der Waals surface area contributed by atoms with Gasteiger partial charge in [0, 0.05) is 5.39 Å². The van der Waals surface area contributed by atoms with Crippen molar-refractivity contribution in [2.45, 2.75) is 0 Å². The molecule has 2 rings (SSSR count). The van der Waals surface area contributed by atoms with Gasteiger partial charge in [0.2, 0.25) is 0 Å². The Kier molecular flexibility index (Phi) is 2.62. The van der Waals surface area contributed by atoms with Crippen LogP contribution in [0.2, 0.25) is 0 Å². The molecule has 5 heteroatoms. The van der Waals surface area contributed by atoms with E-state index in [1.165, 1.54) is 13.2 Å². The Morgan fingerprint density at radius 2 is 2.25 bits per heavy atom. The molecule has 0 bridgehead atoms. The second-order valence-corrected chi connectivity index (χ2v) is 3.68. The number of methoxy groups -OCH3 is 1. The summed E-state index contributed by atoms with van der Waals surface area (Å²) in [5.74, 6) is -0.426. The van der Waals surface area contributed by atoms with Gasteiger partial charge in [-0.25, -0.2) is 4.79 Å². The van der Waals surface area contributed by atoms with Crippen molar-refractivity contribution in [2.75, 3.05) is 7.11 Å². The standard InChI is InChI=1S/C11H9NO3S/c1-15-8-4-2-3-6-7(11(13)14)5-9(16)12-10(6)8/h2-5H,1H3,(H,12,16)(H,13,14). The third kappa shape index (κ3) is 1.65. The van der Waals surface area contributed by atoms with Gasteiger partial charge in [-0.2, -0.15) is 0 Å². The molecule has 0 radical (unpaired) electrons. The molecule has 1 aromatic heterocycles. The second-order valence-electron chi connectivity index (χ2n) is 3.24. The van der Waals surface area contributed by atoms with Crippen LogP contribution in [0.25, 0.3) is 10.9 Å². The summed E-state index contributed by atoms with van der Waals surface area (Å²) in [7, 11) is 1.53. The van der Waals surface area contributed by atoms with Crippen LogP contribution in [0.15, 0.2) is 24.3 Å². The van der Waals surface area contributed by atoms with Gasteiger partial charge in [0.15, 0.2) is 0 Å². The number of aromatic nitrogens is 1. The van der Waals surface area contributed by atoms with E-state index in [4.69, 9.17) is 22.1 Å². The van der Waals surface area contributed by atoms with E-state index in [1.807, 2.05) is 0 Å². The molecular formula is C11H9NO3S. The lowest BCUT2D eigenvalue weighted by molar-refractivity contribution is 0.0699. The van der Waals surface area contributed by atoms with Gasteiger partial charge in [-0.3, -0.25) is 0 Å². The molecular weight excluding hydrogens is 226 g/mol. The lowest BCUT2D eigenvalue weighted by Crippen LogP contribution is -1.99. The van der Waals surface area contributed by atoms with Crippen molar-refractivity contribution in [1.29, 1.82) is 0 Å². The maximum atomic E-state index is 11.1. The van der Waals surface area contributed by atoms with Crippen molar-refractivity contribution in [1.82, 2.24) is 4.98 Å². The summed E-state index contributed by atoms with van der Waals surface area (Å²) in [6.45, 7) is 0. The molecule has 0 aliphatic heterocycles. The average Bonchev–Trinajstić information content (AvgIpc) is 2.27. The van der Waals surface area contributed by atoms with Crippen molar-refractivity contribution in [2.24, 2.45) is 0 Å². The summed E-state index contributed by atoms with van der Waals surface area (Å²) in [6, 6.07) is 6.63. The normalized spacial score (nSPS) is 10.3. The van der Waals surface area contributed by atoms with Crippen LogP contribution >= 0.6 is 12.2 Å². The SMILES string of the molecule is COc1cccc2c(C(=O)O)cc(=S)[nH]c12. The molecule has 0 amide bonds. The number of aromatic carboxylic acids is 1. The molecule has 16 heavy (non-hydrogen) atoms. The molecule has 1 heterocycles. The number of ether oxygens (including phenoxy) is 1. The lowest BCUT2D eigenvalue weighted by atomic mass is 10.1. The highest BCUT2D eigenvalue weighted by Crippen LogP contribution is 2.25. The first-order valence-electron chi connectivity index (χ1n) is 4.57. The number of hydrogen-bond donors (Lipinski definition) is 2. The second kappa shape index (κ2) is 3.94. The summed E-state index contributed by atoms with van der Waals surface area (Å²) in [5.41, 5.74) is 0.785. The maximum Gasteiger partial charge on any atom is 0.336 e. The van der Waals surface area contributed by atoms with Gasteiger partial charge in [-0.15, -0.1) is 0 Å². The number of carboxylic acid groups (broad SMARTS) is 1. The van der Waals surface area contributed by atoms with Gasteiger partial charge in [0.25, 0.3) is 0 Å². The van der Waals surface area contributed by atoms with Crippen LogP contribution in [-0.4, -0.2) is 23.2 Å². The highest BCUT2D eigenvalue weighted by atomic mass is 32.1. The molecule has 1 aromatic carbocycles. The minimum Gasteiger partial charge on any atom is -0.495 e. The number of benzene rings is 1. The Balaban J connectivity index is 2.94. The highest BCUT2D eigenvalue weighted by molar-refractivity contribution is 7.71. The first-order chi connectivity index (χ1) is 7.63. The van der Waals surface area contributed by atoms with Crippen LogP contribution in [0.3, 0.4) is 0 Å². The average molecular weight is 235 g/mol. The van der Waals surface area contributed by atoms with Gasteiger partial charge in [-0.1, -0.05) is 24.4 Å². The number of para-hydroxylation sites is 1. The quantitative estimate of drug-likeness (QED) is 0.785. The summed E-state index contributed by atoms with van der Waals surface area (Å²) in [4.78, 5) is 14.0. The number of fused-ring (bicyclic) bond motifs is 1. The smallest absolute Gasteiger partial charge is 0.336 e. The Hall–Kier alpha value is -1.88. The van der Waals surface area contributed by atoms with E-state index < -0.39 is 5.97 Å². The van der Waals surface area contributed by atoms with Gasteiger partial charge in [0.05, 0.1) is 18.2 Å². The number of rotatable bonds is 2. The Bertz CT molecular complexity index is 618. The predicted molar refractivity (Wildman–Crippen MR) is 62.6 cm³/mol. The number of hydrogen-bond acceptors (Lipinski definition) is 3. The van der Waals surface area contributed by atoms with E-state index in [1.54, 1.807) is 18.2 Å². The summed E-state index contributed by atoms with van der Waals surface area (Å²) in [5, 5.41) is 9.65. The molecule has 0 fully saturated rings. The maximum absolute atomic E-state index is 11.1. The largest absolute Gasteiger partial charge is 0.495 e. The van der Waals surface area contributed by atoms with Crippen molar-refractivity contribution >= 4 is 29.1 Å². The fourth-order valence-corrected chi connectivity index (χ4v) is 1.82. The zero-order chi connectivity index (χ0) is 11.7. The monoisotopic (exact) mass is 235 g/mol. The van der Waals surface area contributed by atoms with E-state index >= 15 is 0 Å².